The summed E-state index contributed by atoms with van der Waals surface area (Å²) in [6, 6.07) is 5.04. The maximum atomic E-state index is 11.6. The van der Waals surface area contributed by atoms with Crippen molar-refractivity contribution in [3.63, 3.8) is 0 Å². The Morgan fingerprint density at radius 1 is 1.41 bits per heavy atom. The van der Waals surface area contributed by atoms with Gasteiger partial charge in [0.15, 0.2) is 0 Å². The number of nitrogens with two attached hydrogens (primary N) is 1. The fourth-order valence-electron chi connectivity index (χ4n) is 1.47. The molecule has 0 radical (unpaired) electrons. The van der Waals surface area contributed by atoms with Gasteiger partial charge in [-0.15, -0.1) is 0 Å². The normalized spacial score (nSPS) is 10.2. The molecule has 0 aliphatic carbocycles. The molecule has 0 saturated carbocycles. The molecule has 2 heterocycles. The number of nitrogens with one attached hydrogen (secondary N) is 1. The molecule has 0 aliphatic heterocycles. The van der Waals surface area contributed by atoms with Crippen LogP contribution >= 0.6 is 0 Å². The average molecular weight is 229 g/mol. The van der Waals surface area contributed by atoms with Gasteiger partial charge in [0, 0.05) is 29.2 Å². The molecular formula is C12H11N3O2. The van der Waals surface area contributed by atoms with Crippen molar-refractivity contribution in [1.82, 2.24) is 9.97 Å². The standard InChI is InChI=1S/C12H11N3O2/c1-7-2-3-8(5-14-7)10-4-9(11(13)16)6-15-12(10)17/h2-6H,1H3,(H2,13,16)(H,15,17). The number of nitrogens with zero attached hydrogens (tertiary/aromatic N) is 1. The maximum Gasteiger partial charge on any atom is 0.255 e. The monoisotopic (exact) mass is 229 g/mol. The Morgan fingerprint density at radius 3 is 2.76 bits per heavy atom. The van der Waals surface area contributed by atoms with Crippen molar-refractivity contribution in [3.8, 4) is 11.1 Å². The van der Waals surface area contributed by atoms with Gasteiger partial charge in [-0.1, -0.05) is 6.07 Å². The van der Waals surface area contributed by atoms with Crippen LogP contribution in [0.3, 0.4) is 0 Å². The Balaban J connectivity index is 2.58. The minimum atomic E-state index is -0.581. The summed E-state index contributed by atoms with van der Waals surface area (Å²) in [4.78, 5) is 29.3. The summed E-state index contributed by atoms with van der Waals surface area (Å²) in [5.74, 6) is -0.581. The lowest BCUT2D eigenvalue weighted by Gasteiger charge is -2.02. The zero-order valence-corrected chi connectivity index (χ0v) is 9.23. The summed E-state index contributed by atoms with van der Waals surface area (Å²) >= 11 is 0. The zero-order valence-electron chi connectivity index (χ0n) is 9.23. The summed E-state index contributed by atoms with van der Waals surface area (Å²) in [6.07, 6.45) is 2.89. The van der Waals surface area contributed by atoms with E-state index in [0.29, 0.717) is 11.1 Å². The first-order valence-electron chi connectivity index (χ1n) is 5.03. The van der Waals surface area contributed by atoms with Crippen LogP contribution < -0.4 is 11.3 Å². The minimum absolute atomic E-state index is 0.264. The molecule has 0 bridgehead atoms. The van der Waals surface area contributed by atoms with Crippen LogP contribution in [-0.4, -0.2) is 15.9 Å². The lowest BCUT2D eigenvalue weighted by Crippen LogP contribution is -2.16. The second-order valence-corrected chi connectivity index (χ2v) is 3.68. The maximum absolute atomic E-state index is 11.6. The minimum Gasteiger partial charge on any atom is -0.366 e. The van der Waals surface area contributed by atoms with E-state index >= 15 is 0 Å². The van der Waals surface area contributed by atoms with Crippen molar-refractivity contribution in [3.05, 3.63) is 52.2 Å². The fourth-order valence-corrected chi connectivity index (χ4v) is 1.47. The molecule has 0 fully saturated rings. The molecule has 5 heteroatoms. The molecule has 2 rings (SSSR count). The lowest BCUT2D eigenvalue weighted by molar-refractivity contribution is 0.1000. The number of primary amides is 1. The van der Waals surface area contributed by atoms with Crippen LogP contribution in [-0.2, 0) is 0 Å². The van der Waals surface area contributed by atoms with Gasteiger partial charge in [-0.05, 0) is 19.1 Å². The van der Waals surface area contributed by atoms with E-state index in [1.165, 1.54) is 12.3 Å². The molecule has 0 atom stereocenters. The van der Waals surface area contributed by atoms with E-state index < -0.39 is 5.91 Å². The van der Waals surface area contributed by atoms with Crippen molar-refractivity contribution in [1.29, 1.82) is 0 Å². The molecule has 0 saturated heterocycles. The number of aryl methyl sites for hydroxylation is 1. The number of hydrogen-bond acceptors (Lipinski definition) is 3. The molecule has 0 aliphatic rings. The summed E-state index contributed by atoms with van der Waals surface area (Å²) in [6.45, 7) is 1.86. The van der Waals surface area contributed by atoms with Gasteiger partial charge in [0.25, 0.3) is 5.56 Å². The van der Waals surface area contributed by atoms with Crippen LogP contribution in [0.15, 0.2) is 35.4 Å². The second kappa shape index (κ2) is 4.21. The van der Waals surface area contributed by atoms with Crippen molar-refractivity contribution >= 4 is 5.91 Å². The third-order valence-corrected chi connectivity index (χ3v) is 2.41. The molecule has 0 unspecified atom stereocenters. The average Bonchev–Trinajstić information content (AvgIpc) is 2.31. The van der Waals surface area contributed by atoms with Gasteiger partial charge in [-0.3, -0.25) is 14.6 Å². The predicted molar refractivity (Wildman–Crippen MR) is 63.5 cm³/mol. The van der Waals surface area contributed by atoms with E-state index in [1.54, 1.807) is 18.3 Å². The number of carbonyl (C=O) groups is 1. The van der Waals surface area contributed by atoms with Crippen LogP contribution in [0.25, 0.3) is 11.1 Å². The van der Waals surface area contributed by atoms with Crippen molar-refractivity contribution in [2.45, 2.75) is 6.92 Å². The third kappa shape index (κ3) is 2.23. The Bertz CT molecular complexity index is 614. The van der Waals surface area contributed by atoms with Gasteiger partial charge in [0.05, 0.1) is 5.56 Å². The number of aromatic nitrogens is 2. The summed E-state index contributed by atoms with van der Waals surface area (Å²) in [5.41, 5.74) is 7.04. The topological polar surface area (TPSA) is 88.8 Å². The molecule has 3 N–H and O–H groups in total. The molecule has 1 amide bonds. The number of hydrogen-bond donors (Lipinski definition) is 2. The van der Waals surface area contributed by atoms with Gasteiger partial charge >= 0.3 is 0 Å². The van der Waals surface area contributed by atoms with Crippen LogP contribution in [0, 0.1) is 6.92 Å². The smallest absolute Gasteiger partial charge is 0.255 e. The van der Waals surface area contributed by atoms with Crippen LogP contribution in [0.2, 0.25) is 0 Å². The Kier molecular flexibility index (Phi) is 2.74. The summed E-state index contributed by atoms with van der Waals surface area (Å²) in [5, 5.41) is 0. The molecule has 5 nitrogen and oxygen atoms in total. The molecule has 17 heavy (non-hydrogen) atoms. The van der Waals surface area contributed by atoms with Gasteiger partial charge in [0.1, 0.15) is 0 Å². The number of H-pyrrole nitrogens is 1. The fraction of sp³-hybridized carbons (Fsp3) is 0.0833. The first kappa shape index (κ1) is 11.1. The van der Waals surface area contributed by atoms with E-state index in [0.717, 1.165) is 5.69 Å². The number of rotatable bonds is 2. The number of carbonyl (C=O) groups excluding carboxylic acids is 1. The van der Waals surface area contributed by atoms with E-state index in [-0.39, 0.29) is 11.1 Å². The molecule has 0 spiro atoms. The lowest BCUT2D eigenvalue weighted by atomic mass is 10.1. The number of pyridine rings is 2. The first-order valence-corrected chi connectivity index (χ1v) is 5.03. The van der Waals surface area contributed by atoms with Gasteiger partial charge < -0.3 is 10.7 Å². The molecular weight excluding hydrogens is 218 g/mol. The van der Waals surface area contributed by atoms with Crippen LogP contribution in [0.1, 0.15) is 16.1 Å². The zero-order chi connectivity index (χ0) is 12.4. The molecule has 2 aromatic heterocycles. The largest absolute Gasteiger partial charge is 0.366 e. The third-order valence-electron chi connectivity index (χ3n) is 2.41. The number of amides is 1. The van der Waals surface area contributed by atoms with Crippen LogP contribution in [0.5, 0.6) is 0 Å². The van der Waals surface area contributed by atoms with Gasteiger partial charge in [-0.2, -0.15) is 0 Å². The highest BCUT2D eigenvalue weighted by atomic mass is 16.1. The first-order chi connectivity index (χ1) is 8.08. The van der Waals surface area contributed by atoms with E-state index in [4.69, 9.17) is 5.73 Å². The highest BCUT2D eigenvalue weighted by Crippen LogP contribution is 2.14. The Hall–Kier alpha value is -2.43. The van der Waals surface area contributed by atoms with E-state index in [2.05, 4.69) is 9.97 Å². The van der Waals surface area contributed by atoms with Gasteiger partial charge in [-0.25, -0.2) is 0 Å². The number of aromatic amines is 1. The van der Waals surface area contributed by atoms with E-state index in [9.17, 15) is 9.59 Å². The van der Waals surface area contributed by atoms with Gasteiger partial charge in [0.2, 0.25) is 5.91 Å². The Morgan fingerprint density at radius 2 is 2.18 bits per heavy atom. The van der Waals surface area contributed by atoms with Crippen molar-refractivity contribution < 1.29 is 4.79 Å². The quantitative estimate of drug-likeness (QED) is 0.799. The molecule has 2 aromatic rings. The Labute approximate surface area is 97.3 Å². The highest BCUT2D eigenvalue weighted by molar-refractivity contribution is 5.93. The SMILES string of the molecule is Cc1ccc(-c2cc(C(N)=O)c[nH]c2=O)cn1. The predicted octanol–water partition coefficient (Wildman–Crippen LogP) is 0.844. The molecule has 86 valence electrons. The summed E-state index contributed by atoms with van der Waals surface area (Å²) < 4.78 is 0. The van der Waals surface area contributed by atoms with Crippen molar-refractivity contribution in [2.75, 3.05) is 0 Å². The second-order valence-electron chi connectivity index (χ2n) is 3.68. The molecule has 0 aromatic carbocycles. The van der Waals surface area contributed by atoms with Crippen LogP contribution in [0.4, 0.5) is 0 Å². The highest BCUT2D eigenvalue weighted by Gasteiger charge is 2.07. The van der Waals surface area contributed by atoms with E-state index in [1.807, 2.05) is 6.92 Å². The van der Waals surface area contributed by atoms with Crippen molar-refractivity contribution in [2.24, 2.45) is 5.73 Å². The summed E-state index contributed by atoms with van der Waals surface area (Å²) in [7, 11) is 0.